The van der Waals surface area contributed by atoms with E-state index in [1.807, 2.05) is 0 Å². The second-order valence-corrected chi connectivity index (χ2v) is 10.3. The molecule has 3 aromatic rings. The van der Waals surface area contributed by atoms with Crippen LogP contribution in [-0.4, -0.2) is 41.9 Å². The Hall–Kier alpha value is -3.65. The number of benzene rings is 2. The first-order valence-electron chi connectivity index (χ1n) is 14.2. The van der Waals surface area contributed by atoms with Crippen LogP contribution in [0.1, 0.15) is 61.1 Å². The Morgan fingerprint density at radius 3 is 2.28 bits per heavy atom. The zero-order valence-electron chi connectivity index (χ0n) is 23.7. The molecule has 2 unspecified atom stereocenters. The van der Waals surface area contributed by atoms with Gasteiger partial charge in [0, 0.05) is 31.6 Å². The molecule has 2 aliphatic heterocycles. The van der Waals surface area contributed by atoms with Crippen molar-refractivity contribution in [2.45, 2.75) is 77.4 Å². The summed E-state index contributed by atoms with van der Waals surface area (Å²) in [5, 5.41) is 1.18. The molecular formula is C30H34F3N3O7. The number of nitrogens with one attached hydrogen (secondary N) is 1. The van der Waals surface area contributed by atoms with E-state index in [4.69, 9.17) is 28.3 Å². The number of ether oxygens (including phenoxy) is 3. The Balaban J connectivity index is 1.17. The number of hydroxylamine groups is 3. The van der Waals surface area contributed by atoms with Crippen LogP contribution >= 0.6 is 0 Å². The van der Waals surface area contributed by atoms with Crippen molar-refractivity contribution in [3.05, 3.63) is 71.1 Å². The Morgan fingerprint density at radius 2 is 1.65 bits per heavy atom. The number of hydrogen-bond acceptors (Lipinski definition) is 8. The summed E-state index contributed by atoms with van der Waals surface area (Å²) in [4.78, 5) is 28.7. The van der Waals surface area contributed by atoms with Gasteiger partial charge in [0.2, 0.25) is 5.89 Å². The third kappa shape index (κ3) is 8.69. The van der Waals surface area contributed by atoms with E-state index in [0.29, 0.717) is 48.8 Å². The summed E-state index contributed by atoms with van der Waals surface area (Å²) in [6.45, 7) is 3.07. The van der Waals surface area contributed by atoms with Crippen LogP contribution in [-0.2, 0) is 38.5 Å². The van der Waals surface area contributed by atoms with Crippen molar-refractivity contribution in [3.8, 4) is 17.2 Å². The molecule has 2 amide bonds. The van der Waals surface area contributed by atoms with E-state index in [0.717, 1.165) is 43.4 Å². The van der Waals surface area contributed by atoms with Crippen LogP contribution in [0.5, 0.6) is 5.75 Å². The molecule has 2 saturated heterocycles. The van der Waals surface area contributed by atoms with Gasteiger partial charge in [0.25, 0.3) is 0 Å². The molecule has 0 aliphatic carbocycles. The molecule has 2 fully saturated rings. The SMILES string of the molecule is Cc1oc(-c2ccc(C(F)(F)F)cc2)nc1COc1ccc(CN(OC2CCCCO2)C(=O)NOC2CCCCO2)cc1. The number of oxazole rings is 1. The molecule has 0 spiro atoms. The van der Waals surface area contributed by atoms with E-state index in [9.17, 15) is 18.0 Å². The number of nitrogens with zero attached hydrogens (tertiary/aromatic N) is 2. The number of carbonyl (C=O) groups excluding carboxylic acids is 1. The van der Waals surface area contributed by atoms with Crippen LogP contribution in [0.25, 0.3) is 11.5 Å². The highest BCUT2D eigenvalue weighted by atomic mass is 19.4. The first-order valence-corrected chi connectivity index (χ1v) is 14.2. The minimum absolute atomic E-state index is 0.0898. The van der Waals surface area contributed by atoms with Gasteiger partial charge in [-0.05, 0) is 74.6 Å². The molecule has 0 bridgehead atoms. The summed E-state index contributed by atoms with van der Waals surface area (Å²) in [6, 6.07) is 11.1. The maximum atomic E-state index is 13.0. The molecule has 0 radical (unpaired) electrons. The van der Waals surface area contributed by atoms with Gasteiger partial charge < -0.3 is 18.6 Å². The van der Waals surface area contributed by atoms with Crippen molar-refractivity contribution in [1.29, 1.82) is 0 Å². The highest BCUT2D eigenvalue weighted by Crippen LogP contribution is 2.31. The quantitative estimate of drug-likeness (QED) is 0.256. The molecule has 13 heteroatoms. The van der Waals surface area contributed by atoms with Crippen molar-refractivity contribution in [2.24, 2.45) is 0 Å². The standard InChI is InChI=1S/C30H34F3N3O7/c1-20-25(34-28(41-20)22-10-12-23(13-11-22)30(31,32)33)19-40-24-14-8-21(9-15-24)18-36(43-27-7-3-5-17-39-27)29(37)35-42-26-6-2-4-16-38-26/h8-15,26-27H,2-7,16-19H2,1H3,(H,35,37). The van der Waals surface area contributed by atoms with Gasteiger partial charge >= 0.3 is 12.2 Å². The second kappa shape index (κ2) is 14.2. The third-order valence-electron chi connectivity index (χ3n) is 7.00. The summed E-state index contributed by atoms with van der Waals surface area (Å²) in [5.74, 6) is 1.25. The van der Waals surface area contributed by atoms with Gasteiger partial charge in [-0.25, -0.2) is 24.9 Å². The summed E-state index contributed by atoms with van der Waals surface area (Å²) < 4.78 is 61.3. The van der Waals surface area contributed by atoms with Crippen LogP contribution in [0.4, 0.5) is 18.0 Å². The largest absolute Gasteiger partial charge is 0.487 e. The van der Waals surface area contributed by atoms with Crippen molar-refractivity contribution in [3.63, 3.8) is 0 Å². The van der Waals surface area contributed by atoms with E-state index in [2.05, 4.69) is 10.5 Å². The molecule has 232 valence electrons. The number of hydrogen-bond donors (Lipinski definition) is 1. The minimum atomic E-state index is -4.42. The molecule has 1 aromatic heterocycles. The summed E-state index contributed by atoms with van der Waals surface area (Å²) in [6.07, 6.45) is -0.281. The lowest BCUT2D eigenvalue weighted by Gasteiger charge is -2.30. The van der Waals surface area contributed by atoms with E-state index >= 15 is 0 Å². The number of amides is 2. The van der Waals surface area contributed by atoms with Gasteiger partial charge in [0.15, 0.2) is 12.6 Å². The van der Waals surface area contributed by atoms with Crippen LogP contribution in [0.2, 0.25) is 0 Å². The lowest BCUT2D eigenvalue weighted by atomic mass is 10.1. The van der Waals surface area contributed by atoms with Gasteiger partial charge in [-0.15, -0.1) is 0 Å². The highest BCUT2D eigenvalue weighted by molar-refractivity contribution is 5.71. The number of rotatable bonds is 10. The Kier molecular flexibility index (Phi) is 10.2. The first kappa shape index (κ1) is 30.8. The molecule has 3 heterocycles. The third-order valence-corrected chi connectivity index (χ3v) is 7.00. The minimum Gasteiger partial charge on any atom is -0.487 e. The Bertz CT molecular complexity index is 1320. The molecule has 2 atom stereocenters. The van der Waals surface area contributed by atoms with Crippen molar-refractivity contribution < 1.29 is 46.3 Å². The average Bonchev–Trinajstić information content (AvgIpc) is 3.40. The molecule has 43 heavy (non-hydrogen) atoms. The zero-order chi connectivity index (χ0) is 30.2. The van der Waals surface area contributed by atoms with Gasteiger partial charge in [-0.1, -0.05) is 12.1 Å². The number of halogens is 3. The zero-order valence-corrected chi connectivity index (χ0v) is 23.7. The van der Waals surface area contributed by atoms with Crippen LogP contribution < -0.4 is 10.2 Å². The molecule has 10 nitrogen and oxygen atoms in total. The molecule has 2 aromatic carbocycles. The van der Waals surface area contributed by atoms with Crippen LogP contribution in [0, 0.1) is 6.92 Å². The van der Waals surface area contributed by atoms with E-state index in [1.165, 1.54) is 17.2 Å². The van der Waals surface area contributed by atoms with Gasteiger partial charge in [-0.3, -0.25) is 0 Å². The smallest absolute Gasteiger partial charge is 0.416 e. The van der Waals surface area contributed by atoms with Crippen LogP contribution in [0.15, 0.2) is 52.9 Å². The molecular weight excluding hydrogens is 571 g/mol. The molecule has 1 N–H and O–H groups in total. The molecule has 5 rings (SSSR count). The number of carbonyl (C=O) groups is 1. The number of aryl methyl sites for hydroxylation is 1. The van der Waals surface area contributed by atoms with Gasteiger partial charge in [-0.2, -0.15) is 18.2 Å². The predicted octanol–water partition coefficient (Wildman–Crippen LogP) is 6.68. The van der Waals surface area contributed by atoms with E-state index < -0.39 is 30.4 Å². The fraction of sp³-hybridized carbons (Fsp3) is 0.467. The molecule has 0 saturated carbocycles. The number of alkyl halides is 3. The average molecular weight is 606 g/mol. The maximum absolute atomic E-state index is 13.0. The van der Waals surface area contributed by atoms with Crippen molar-refractivity contribution >= 4 is 6.03 Å². The van der Waals surface area contributed by atoms with Gasteiger partial charge in [0.1, 0.15) is 23.8 Å². The topological polar surface area (TPSA) is 105 Å². The fourth-order valence-electron chi connectivity index (χ4n) is 4.56. The number of aromatic nitrogens is 1. The lowest BCUT2D eigenvalue weighted by Crippen LogP contribution is -2.44. The number of urea groups is 1. The van der Waals surface area contributed by atoms with E-state index in [1.54, 1.807) is 31.2 Å². The Morgan fingerprint density at radius 1 is 0.977 bits per heavy atom. The predicted molar refractivity (Wildman–Crippen MR) is 146 cm³/mol. The monoisotopic (exact) mass is 605 g/mol. The first-order chi connectivity index (χ1) is 20.7. The highest BCUT2D eigenvalue weighted by Gasteiger charge is 2.30. The second-order valence-electron chi connectivity index (χ2n) is 10.3. The van der Waals surface area contributed by atoms with Crippen molar-refractivity contribution in [1.82, 2.24) is 15.5 Å². The maximum Gasteiger partial charge on any atom is 0.416 e. The molecule has 2 aliphatic rings. The van der Waals surface area contributed by atoms with Crippen LogP contribution in [0.3, 0.4) is 0 Å². The fourth-order valence-corrected chi connectivity index (χ4v) is 4.56. The normalized spacial score (nSPS) is 19.2. The van der Waals surface area contributed by atoms with Crippen molar-refractivity contribution in [2.75, 3.05) is 13.2 Å². The summed E-state index contributed by atoms with van der Waals surface area (Å²) in [7, 11) is 0. The summed E-state index contributed by atoms with van der Waals surface area (Å²) >= 11 is 0. The lowest BCUT2D eigenvalue weighted by molar-refractivity contribution is -0.275. The Labute approximate surface area is 246 Å². The van der Waals surface area contributed by atoms with Gasteiger partial charge in [0.05, 0.1) is 12.1 Å². The van der Waals surface area contributed by atoms with E-state index in [-0.39, 0.29) is 19.0 Å². The summed E-state index contributed by atoms with van der Waals surface area (Å²) in [5.41, 5.74) is 3.41.